The molecule has 3 aromatic rings. The average molecular weight is 490 g/mol. The molecule has 1 atom stereocenters. The van der Waals surface area contributed by atoms with Crippen LogP contribution in [0.15, 0.2) is 46.4 Å². The summed E-state index contributed by atoms with van der Waals surface area (Å²) in [6.45, 7) is 0.486. The van der Waals surface area contributed by atoms with E-state index in [4.69, 9.17) is 4.52 Å². The van der Waals surface area contributed by atoms with Crippen LogP contribution in [0.3, 0.4) is 0 Å². The summed E-state index contributed by atoms with van der Waals surface area (Å²) >= 11 is 0. The van der Waals surface area contributed by atoms with E-state index < -0.39 is 35.5 Å². The van der Waals surface area contributed by atoms with Gasteiger partial charge in [0.2, 0.25) is 23.5 Å². The molecular weight excluding hydrogens is 471 g/mol. The monoisotopic (exact) mass is 490 g/mol. The molecule has 0 aliphatic carbocycles. The van der Waals surface area contributed by atoms with Crippen molar-refractivity contribution < 1.29 is 28.1 Å². The minimum absolute atomic E-state index is 0.0325. The Morgan fingerprint density at radius 3 is 2.81 bits per heavy atom. The number of aromatic nitrogens is 3. The zero-order chi connectivity index (χ0) is 25.0. The van der Waals surface area contributed by atoms with Gasteiger partial charge in [0.25, 0.3) is 11.8 Å². The van der Waals surface area contributed by atoms with Crippen LogP contribution in [-0.2, 0) is 25.7 Å². The molecule has 1 fully saturated rings. The number of hydrogen-bond donors (Lipinski definition) is 1. The van der Waals surface area contributed by atoms with Crippen molar-refractivity contribution in [1.29, 1.82) is 0 Å². The molecule has 0 bridgehead atoms. The molecule has 12 heteroatoms. The van der Waals surface area contributed by atoms with E-state index in [2.05, 4.69) is 20.4 Å². The average Bonchev–Trinajstić information content (AvgIpc) is 3.43. The van der Waals surface area contributed by atoms with Gasteiger partial charge in [-0.05, 0) is 36.8 Å². The zero-order valence-corrected chi connectivity index (χ0v) is 18.9. The van der Waals surface area contributed by atoms with E-state index in [1.807, 2.05) is 0 Å². The second-order valence-corrected chi connectivity index (χ2v) is 8.84. The first-order valence-electron chi connectivity index (χ1n) is 11.5. The lowest BCUT2D eigenvalue weighted by atomic mass is 10.0. The smallest absolute Gasteiger partial charge is 0.278 e. The standard InChI is InChI=1S/C24H19FN6O5/c25-19-13(4-3-12-7-8-26-10-15(12)19)21-28-18(36-29-21)11-30-9-1-2-14-20(30)24(35)31(23(14)34)16-5-6-17(32)27-22(16)33/h3-4,7-8,10,16H,1-2,5-6,9,11H2,(H,27,32,33). The third-order valence-corrected chi connectivity index (χ3v) is 6.67. The van der Waals surface area contributed by atoms with Gasteiger partial charge < -0.3 is 9.42 Å². The molecule has 2 aromatic heterocycles. The number of fused-ring (bicyclic) bond motifs is 1. The van der Waals surface area contributed by atoms with Crippen molar-refractivity contribution in [3.05, 3.63) is 53.6 Å². The van der Waals surface area contributed by atoms with E-state index in [0.717, 1.165) is 4.90 Å². The lowest BCUT2D eigenvalue weighted by molar-refractivity contribution is -0.150. The highest BCUT2D eigenvalue weighted by Gasteiger charge is 2.48. The van der Waals surface area contributed by atoms with Crippen LogP contribution in [0, 0.1) is 5.82 Å². The zero-order valence-electron chi connectivity index (χ0n) is 18.9. The number of piperidine rings is 1. The first-order chi connectivity index (χ1) is 17.4. The van der Waals surface area contributed by atoms with Gasteiger partial charge in [0.15, 0.2) is 0 Å². The number of hydrogen-bond acceptors (Lipinski definition) is 9. The number of benzene rings is 1. The molecule has 11 nitrogen and oxygen atoms in total. The van der Waals surface area contributed by atoms with E-state index in [1.165, 1.54) is 6.20 Å². The van der Waals surface area contributed by atoms with Crippen LogP contribution in [0.4, 0.5) is 4.39 Å². The second kappa shape index (κ2) is 8.33. The van der Waals surface area contributed by atoms with Crippen LogP contribution >= 0.6 is 0 Å². The third-order valence-electron chi connectivity index (χ3n) is 6.67. The Morgan fingerprint density at radius 1 is 1.11 bits per heavy atom. The van der Waals surface area contributed by atoms with Crippen LogP contribution in [0.25, 0.3) is 22.2 Å². The first kappa shape index (κ1) is 22.0. The summed E-state index contributed by atoms with van der Waals surface area (Å²) in [4.78, 5) is 61.1. The molecule has 0 saturated carbocycles. The SMILES string of the molecule is O=C1CCC(N2C(=O)C3=C(C2=O)N(Cc2nc(-c4ccc5ccncc5c4F)no2)CCC3)C(=O)N1. The van der Waals surface area contributed by atoms with Gasteiger partial charge in [-0.15, -0.1) is 0 Å². The van der Waals surface area contributed by atoms with Gasteiger partial charge in [-0.25, -0.2) is 4.39 Å². The predicted octanol–water partition coefficient (Wildman–Crippen LogP) is 1.45. The first-order valence-corrected chi connectivity index (χ1v) is 11.5. The van der Waals surface area contributed by atoms with Crippen molar-refractivity contribution >= 4 is 34.4 Å². The van der Waals surface area contributed by atoms with Gasteiger partial charge in [0.1, 0.15) is 17.6 Å². The summed E-state index contributed by atoms with van der Waals surface area (Å²) in [6.07, 6.45) is 4.14. The van der Waals surface area contributed by atoms with Crippen LogP contribution in [0.1, 0.15) is 31.6 Å². The predicted molar refractivity (Wildman–Crippen MR) is 120 cm³/mol. The van der Waals surface area contributed by atoms with E-state index in [-0.39, 0.29) is 42.4 Å². The van der Waals surface area contributed by atoms with Gasteiger partial charge in [0.05, 0.1) is 12.1 Å². The quantitative estimate of drug-likeness (QED) is 0.538. The van der Waals surface area contributed by atoms with Crippen molar-refractivity contribution in [3.63, 3.8) is 0 Å². The minimum Gasteiger partial charge on any atom is -0.357 e. The molecule has 182 valence electrons. The number of nitrogens with zero attached hydrogens (tertiary/aromatic N) is 5. The van der Waals surface area contributed by atoms with E-state index in [0.29, 0.717) is 35.7 Å². The number of pyridine rings is 1. The molecule has 5 heterocycles. The molecule has 3 aliphatic rings. The lowest BCUT2D eigenvalue weighted by Gasteiger charge is -2.29. The van der Waals surface area contributed by atoms with Gasteiger partial charge in [0, 0.05) is 36.3 Å². The van der Waals surface area contributed by atoms with Crippen LogP contribution < -0.4 is 5.32 Å². The highest BCUT2D eigenvalue weighted by molar-refractivity contribution is 6.21. The third kappa shape index (κ3) is 3.44. The van der Waals surface area contributed by atoms with Crippen molar-refractivity contribution in [2.24, 2.45) is 0 Å². The number of rotatable bonds is 4. The van der Waals surface area contributed by atoms with Gasteiger partial charge in [-0.2, -0.15) is 4.98 Å². The van der Waals surface area contributed by atoms with Crippen LogP contribution in [-0.4, -0.2) is 61.1 Å². The number of carbonyl (C=O) groups is 4. The van der Waals surface area contributed by atoms with Gasteiger partial charge in [-0.1, -0.05) is 11.2 Å². The molecule has 0 spiro atoms. The van der Waals surface area contributed by atoms with Crippen molar-refractivity contribution in [1.82, 2.24) is 30.2 Å². The maximum Gasteiger partial charge on any atom is 0.278 e. The molecule has 1 saturated heterocycles. The van der Waals surface area contributed by atoms with E-state index in [9.17, 15) is 19.2 Å². The second-order valence-electron chi connectivity index (χ2n) is 8.84. The van der Waals surface area contributed by atoms with Crippen LogP contribution in [0.2, 0.25) is 0 Å². The Labute approximate surface area is 202 Å². The molecule has 3 aliphatic heterocycles. The summed E-state index contributed by atoms with van der Waals surface area (Å²) in [5.74, 6) is -2.52. The van der Waals surface area contributed by atoms with Crippen molar-refractivity contribution in [2.45, 2.75) is 38.3 Å². The molecule has 1 unspecified atom stereocenters. The van der Waals surface area contributed by atoms with E-state index >= 15 is 4.39 Å². The van der Waals surface area contributed by atoms with Crippen molar-refractivity contribution in [2.75, 3.05) is 6.54 Å². The molecule has 6 rings (SSSR count). The maximum absolute atomic E-state index is 15.0. The summed E-state index contributed by atoms with van der Waals surface area (Å²) in [5, 5.41) is 7.11. The Morgan fingerprint density at radius 2 is 1.97 bits per heavy atom. The summed E-state index contributed by atoms with van der Waals surface area (Å²) in [7, 11) is 0. The highest BCUT2D eigenvalue weighted by Crippen LogP contribution is 2.35. The molecule has 0 radical (unpaired) electrons. The highest BCUT2D eigenvalue weighted by atomic mass is 19.1. The molecular formula is C24H19FN6O5. The minimum atomic E-state index is -1.03. The molecule has 4 amide bonds. The topological polar surface area (TPSA) is 139 Å². The van der Waals surface area contributed by atoms with Crippen LogP contribution in [0.5, 0.6) is 0 Å². The summed E-state index contributed by atoms with van der Waals surface area (Å²) in [5.41, 5.74) is 0.669. The Hall–Kier alpha value is -4.48. The molecule has 36 heavy (non-hydrogen) atoms. The van der Waals surface area contributed by atoms with Gasteiger partial charge in [-0.3, -0.25) is 34.4 Å². The number of amides is 4. The fourth-order valence-electron chi connectivity index (χ4n) is 4.95. The lowest BCUT2D eigenvalue weighted by Crippen LogP contribution is -2.55. The maximum atomic E-state index is 15.0. The molecule has 1 N–H and O–H groups in total. The Balaban J connectivity index is 1.26. The fourth-order valence-corrected chi connectivity index (χ4v) is 4.95. The number of carbonyl (C=O) groups excluding carboxylic acids is 4. The molecule has 1 aromatic carbocycles. The summed E-state index contributed by atoms with van der Waals surface area (Å²) < 4.78 is 20.4. The van der Waals surface area contributed by atoms with Crippen molar-refractivity contribution in [3.8, 4) is 11.4 Å². The Kier molecular flexibility index (Phi) is 5.09. The number of halogens is 1. The largest absolute Gasteiger partial charge is 0.357 e. The Bertz CT molecular complexity index is 1500. The number of nitrogens with one attached hydrogen (secondary N) is 1. The fraction of sp³-hybridized carbons (Fsp3) is 0.292. The van der Waals surface area contributed by atoms with E-state index in [1.54, 1.807) is 29.3 Å². The van der Waals surface area contributed by atoms with Gasteiger partial charge >= 0.3 is 0 Å². The normalized spacial score (nSPS) is 20.4. The number of imide groups is 2. The summed E-state index contributed by atoms with van der Waals surface area (Å²) in [6, 6.07) is 3.96.